The zero-order valence-corrected chi connectivity index (χ0v) is 11.4. The van der Waals surface area contributed by atoms with Gasteiger partial charge in [-0.15, -0.1) is 0 Å². The second-order valence-corrected chi connectivity index (χ2v) is 5.18. The number of anilines is 1. The van der Waals surface area contributed by atoms with Crippen molar-refractivity contribution < 1.29 is 4.42 Å². The number of rotatable bonds is 3. The van der Waals surface area contributed by atoms with Crippen molar-refractivity contribution in [2.75, 3.05) is 31.1 Å². The Morgan fingerprint density at radius 1 is 1.05 bits per heavy atom. The molecule has 1 fully saturated rings. The summed E-state index contributed by atoms with van der Waals surface area (Å²) in [6.45, 7) is 7.61. The smallest absolute Gasteiger partial charge is 0.0947 e. The molecule has 2 aromatic rings. The van der Waals surface area contributed by atoms with E-state index in [1.807, 2.05) is 12.3 Å². The SMILES string of the molecule is Cc1ccccc1N1CCN(Cc2ccoc2)CC1. The highest BCUT2D eigenvalue weighted by molar-refractivity contribution is 5.53. The molecule has 0 aliphatic carbocycles. The van der Waals surface area contributed by atoms with Crippen LogP contribution in [0, 0.1) is 6.92 Å². The minimum atomic E-state index is 0.998. The molecule has 100 valence electrons. The molecule has 2 heterocycles. The number of hydrogen-bond acceptors (Lipinski definition) is 3. The van der Waals surface area contributed by atoms with Crippen LogP contribution in [0.3, 0.4) is 0 Å². The molecule has 0 saturated carbocycles. The van der Waals surface area contributed by atoms with Crippen molar-refractivity contribution in [2.24, 2.45) is 0 Å². The first-order valence-electron chi connectivity index (χ1n) is 6.87. The largest absolute Gasteiger partial charge is 0.472 e. The van der Waals surface area contributed by atoms with Gasteiger partial charge in [0.25, 0.3) is 0 Å². The predicted molar refractivity (Wildman–Crippen MR) is 77.4 cm³/mol. The zero-order valence-electron chi connectivity index (χ0n) is 11.4. The van der Waals surface area contributed by atoms with Crippen molar-refractivity contribution in [1.29, 1.82) is 0 Å². The molecule has 0 amide bonds. The summed E-state index contributed by atoms with van der Waals surface area (Å²) >= 11 is 0. The van der Waals surface area contributed by atoms with Gasteiger partial charge in [0.05, 0.1) is 12.5 Å². The van der Waals surface area contributed by atoms with Gasteiger partial charge in [-0.05, 0) is 24.6 Å². The van der Waals surface area contributed by atoms with Crippen molar-refractivity contribution in [3.8, 4) is 0 Å². The average molecular weight is 256 g/mol. The first-order chi connectivity index (χ1) is 9.33. The summed E-state index contributed by atoms with van der Waals surface area (Å²) < 4.78 is 5.13. The number of benzene rings is 1. The highest BCUT2D eigenvalue weighted by atomic mass is 16.3. The van der Waals surface area contributed by atoms with Gasteiger partial charge in [0.1, 0.15) is 0 Å². The molecule has 0 bridgehead atoms. The first-order valence-corrected chi connectivity index (χ1v) is 6.87. The second-order valence-electron chi connectivity index (χ2n) is 5.18. The lowest BCUT2D eigenvalue weighted by atomic mass is 10.1. The van der Waals surface area contributed by atoms with E-state index in [1.54, 1.807) is 6.26 Å². The molecule has 3 heteroatoms. The molecule has 0 spiro atoms. The molecule has 1 aliphatic rings. The molecule has 1 aliphatic heterocycles. The molecule has 0 N–H and O–H groups in total. The van der Waals surface area contributed by atoms with Crippen molar-refractivity contribution in [3.63, 3.8) is 0 Å². The molecule has 3 nitrogen and oxygen atoms in total. The number of hydrogen-bond donors (Lipinski definition) is 0. The van der Waals surface area contributed by atoms with Gasteiger partial charge in [0.15, 0.2) is 0 Å². The summed E-state index contributed by atoms with van der Waals surface area (Å²) in [7, 11) is 0. The lowest BCUT2D eigenvalue weighted by molar-refractivity contribution is 0.249. The fraction of sp³-hybridized carbons (Fsp3) is 0.375. The first kappa shape index (κ1) is 12.3. The van der Waals surface area contributed by atoms with Gasteiger partial charge in [-0.1, -0.05) is 18.2 Å². The van der Waals surface area contributed by atoms with Crippen LogP contribution in [-0.4, -0.2) is 31.1 Å². The van der Waals surface area contributed by atoms with Crippen LogP contribution in [0.5, 0.6) is 0 Å². The van der Waals surface area contributed by atoms with E-state index in [0.717, 1.165) is 32.7 Å². The highest BCUT2D eigenvalue weighted by Gasteiger charge is 2.18. The molecule has 0 radical (unpaired) electrons. The standard InChI is InChI=1S/C16H20N2O/c1-14-4-2-3-5-16(14)18-9-7-17(8-10-18)12-15-6-11-19-13-15/h2-6,11,13H,7-10,12H2,1H3. The Labute approximate surface area is 114 Å². The summed E-state index contributed by atoms with van der Waals surface area (Å²) in [5.74, 6) is 0. The van der Waals surface area contributed by atoms with Gasteiger partial charge in [-0.25, -0.2) is 0 Å². The summed E-state index contributed by atoms with van der Waals surface area (Å²) in [5, 5.41) is 0. The molecule has 19 heavy (non-hydrogen) atoms. The maximum Gasteiger partial charge on any atom is 0.0947 e. The third kappa shape index (κ3) is 2.82. The Morgan fingerprint density at radius 2 is 1.84 bits per heavy atom. The van der Waals surface area contributed by atoms with Crippen molar-refractivity contribution in [2.45, 2.75) is 13.5 Å². The van der Waals surface area contributed by atoms with E-state index in [1.165, 1.54) is 16.8 Å². The molecular formula is C16H20N2O. The number of para-hydroxylation sites is 1. The lowest BCUT2D eigenvalue weighted by Gasteiger charge is -2.36. The predicted octanol–water partition coefficient (Wildman–Crippen LogP) is 2.91. The van der Waals surface area contributed by atoms with Gasteiger partial charge < -0.3 is 9.32 Å². The molecule has 1 aromatic heterocycles. The Bertz CT molecular complexity index is 513. The van der Waals surface area contributed by atoms with Gasteiger partial charge in [0.2, 0.25) is 0 Å². The van der Waals surface area contributed by atoms with Crippen LogP contribution >= 0.6 is 0 Å². The van der Waals surface area contributed by atoms with Crippen LogP contribution in [0.1, 0.15) is 11.1 Å². The number of aryl methyl sites for hydroxylation is 1. The normalized spacial score (nSPS) is 16.8. The minimum Gasteiger partial charge on any atom is -0.472 e. The molecule has 0 unspecified atom stereocenters. The van der Waals surface area contributed by atoms with Crippen molar-refractivity contribution >= 4 is 5.69 Å². The van der Waals surface area contributed by atoms with E-state index < -0.39 is 0 Å². The van der Waals surface area contributed by atoms with Crippen LogP contribution in [0.25, 0.3) is 0 Å². The Hall–Kier alpha value is -1.74. The maximum absolute atomic E-state index is 5.13. The molecule has 0 atom stereocenters. The fourth-order valence-electron chi connectivity index (χ4n) is 2.71. The average Bonchev–Trinajstić information content (AvgIpc) is 2.93. The van der Waals surface area contributed by atoms with Crippen LogP contribution in [-0.2, 0) is 6.54 Å². The van der Waals surface area contributed by atoms with Crippen LogP contribution in [0.2, 0.25) is 0 Å². The zero-order chi connectivity index (χ0) is 13.1. The quantitative estimate of drug-likeness (QED) is 0.842. The minimum absolute atomic E-state index is 0.998. The molecule has 1 saturated heterocycles. The third-order valence-electron chi connectivity index (χ3n) is 3.81. The van der Waals surface area contributed by atoms with E-state index in [0.29, 0.717) is 0 Å². The number of nitrogens with zero attached hydrogens (tertiary/aromatic N) is 2. The van der Waals surface area contributed by atoms with Crippen LogP contribution in [0.15, 0.2) is 47.3 Å². The topological polar surface area (TPSA) is 19.6 Å². The fourth-order valence-corrected chi connectivity index (χ4v) is 2.71. The monoisotopic (exact) mass is 256 g/mol. The van der Waals surface area contributed by atoms with Crippen molar-refractivity contribution in [1.82, 2.24) is 4.90 Å². The van der Waals surface area contributed by atoms with Gasteiger partial charge in [-0.3, -0.25) is 4.90 Å². The summed E-state index contributed by atoms with van der Waals surface area (Å²) in [5.41, 5.74) is 4.01. The van der Waals surface area contributed by atoms with E-state index in [2.05, 4.69) is 41.0 Å². The van der Waals surface area contributed by atoms with Gasteiger partial charge in [-0.2, -0.15) is 0 Å². The molecular weight excluding hydrogens is 236 g/mol. The Kier molecular flexibility index (Phi) is 3.56. The highest BCUT2D eigenvalue weighted by Crippen LogP contribution is 2.21. The van der Waals surface area contributed by atoms with Crippen molar-refractivity contribution in [3.05, 3.63) is 54.0 Å². The number of furan rings is 1. The van der Waals surface area contributed by atoms with E-state index >= 15 is 0 Å². The van der Waals surface area contributed by atoms with E-state index in [4.69, 9.17) is 4.42 Å². The maximum atomic E-state index is 5.13. The Morgan fingerprint density at radius 3 is 2.53 bits per heavy atom. The molecule has 1 aromatic carbocycles. The van der Waals surface area contributed by atoms with E-state index in [-0.39, 0.29) is 0 Å². The number of piperazine rings is 1. The summed E-state index contributed by atoms with van der Waals surface area (Å²) in [6.07, 6.45) is 3.59. The molecule has 3 rings (SSSR count). The van der Waals surface area contributed by atoms with Gasteiger partial charge >= 0.3 is 0 Å². The third-order valence-corrected chi connectivity index (χ3v) is 3.81. The Balaban J connectivity index is 1.59. The summed E-state index contributed by atoms with van der Waals surface area (Å²) in [4.78, 5) is 4.97. The van der Waals surface area contributed by atoms with E-state index in [9.17, 15) is 0 Å². The lowest BCUT2D eigenvalue weighted by Crippen LogP contribution is -2.46. The van der Waals surface area contributed by atoms with Gasteiger partial charge in [0, 0.05) is 44.0 Å². The summed E-state index contributed by atoms with van der Waals surface area (Å²) in [6, 6.07) is 10.7. The van der Waals surface area contributed by atoms with Crippen LogP contribution < -0.4 is 4.90 Å². The second kappa shape index (κ2) is 5.49. The van der Waals surface area contributed by atoms with Crippen LogP contribution in [0.4, 0.5) is 5.69 Å².